The van der Waals surface area contributed by atoms with Gasteiger partial charge in [0.05, 0.1) is 10.6 Å². The summed E-state index contributed by atoms with van der Waals surface area (Å²) in [5.74, 6) is 0.346. The lowest BCUT2D eigenvalue weighted by molar-refractivity contribution is 0.0641. The van der Waals surface area contributed by atoms with E-state index in [1.807, 2.05) is 39.8 Å². The minimum absolute atomic E-state index is 0.0199. The molecule has 4 heteroatoms. The molecule has 0 bridgehead atoms. The van der Waals surface area contributed by atoms with Crippen molar-refractivity contribution in [3.63, 3.8) is 0 Å². The molecule has 0 N–H and O–H groups in total. The second-order valence-electron chi connectivity index (χ2n) is 5.33. The van der Waals surface area contributed by atoms with Crippen LogP contribution in [0.1, 0.15) is 38.2 Å². The number of benzene rings is 1. The van der Waals surface area contributed by atoms with E-state index in [1.54, 1.807) is 12.1 Å². The summed E-state index contributed by atoms with van der Waals surface area (Å²) in [6, 6.07) is 7.28. The molecule has 0 aliphatic heterocycles. The number of Topliss-reactive ketones (excluding diaryl/α,β-unsaturated/α-hetero) is 1. The number of hydrogen-bond donors (Lipinski definition) is 0. The summed E-state index contributed by atoms with van der Waals surface area (Å²) in [6.07, 6.45) is 0. The molecule has 0 atom stereocenters. The van der Waals surface area contributed by atoms with Gasteiger partial charge in [0.2, 0.25) is 5.78 Å². The normalized spacial score (nSPS) is 12.3. The fraction of sp³-hybridized carbons (Fsp3) is 0.438. The van der Waals surface area contributed by atoms with Crippen molar-refractivity contribution in [1.82, 2.24) is 4.90 Å². The van der Waals surface area contributed by atoms with E-state index in [0.717, 1.165) is 18.5 Å². The molecular formula is C16H20ClNO2. The molecule has 108 valence electrons. The summed E-state index contributed by atoms with van der Waals surface area (Å²) in [6.45, 7) is 9.59. The van der Waals surface area contributed by atoms with Crippen LogP contribution in [0.3, 0.4) is 0 Å². The van der Waals surface area contributed by atoms with Crippen LogP contribution in [0.2, 0.25) is 5.02 Å². The summed E-state index contributed by atoms with van der Waals surface area (Å²) in [4.78, 5) is 14.8. The van der Waals surface area contributed by atoms with Gasteiger partial charge in [0.25, 0.3) is 0 Å². The number of para-hydroxylation sites is 1. The number of furan rings is 1. The van der Waals surface area contributed by atoms with Crippen molar-refractivity contribution in [2.75, 3.05) is 13.1 Å². The predicted octanol–water partition coefficient (Wildman–Crippen LogP) is 4.39. The maximum Gasteiger partial charge on any atom is 0.217 e. The van der Waals surface area contributed by atoms with E-state index in [4.69, 9.17) is 16.0 Å². The molecule has 0 aliphatic rings. The first kappa shape index (κ1) is 15.1. The van der Waals surface area contributed by atoms with Crippen LogP contribution in [0, 0.1) is 0 Å². The molecule has 3 nitrogen and oxygen atoms in total. The maximum absolute atomic E-state index is 12.7. The molecule has 2 aromatic rings. The van der Waals surface area contributed by atoms with E-state index >= 15 is 0 Å². The Bertz CT molecular complexity index is 626. The van der Waals surface area contributed by atoms with Gasteiger partial charge in [-0.25, -0.2) is 0 Å². The Balaban J connectivity index is 2.43. The monoisotopic (exact) mass is 293 g/mol. The van der Waals surface area contributed by atoms with Crippen molar-refractivity contribution in [3.8, 4) is 0 Å². The van der Waals surface area contributed by atoms with Gasteiger partial charge in [0.15, 0.2) is 11.3 Å². The van der Waals surface area contributed by atoms with Crippen LogP contribution < -0.4 is 0 Å². The van der Waals surface area contributed by atoms with Crippen molar-refractivity contribution in [2.24, 2.45) is 0 Å². The highest BCUT2D eigenvalue weighted by Gasteiger charge is 2.35. The third-order valence-corrected chi connectivity index (χ3v) is 4.13. The minimum atomic E-state index is -0.593. The lowest BCUT2D eigenvalue weighted by atomic mass is 9.94. The Morgan fingerprint density at radius 2 is 1.95 bits per heavy atom. The quantitative estimate of drug-likeness (QED) is 0.767. The Hall–Kier alpha value is -1.32. The molecule has 0 saturated carbocycles. The Morgan fingerprint density at radius 1 is 1.30 bits per heavy atom. The summed E-state index contributed by atoms with van der Waals surface area (Å²) in [5.41, 5.74) is -0.0167. The number of nitrogens with zero attached hydrogens (tertiary/aromatic N) is 1. The van der Waals surface area contributed by atoms with Crippen LogP contribution in [0.25, 0.3) is 11.0 Å². The van der Waals surface area contributed by atoms with Gasteiger partial charge in [0.1, 0.15) is 0 Å². The number of halogens is 1. The van der Waals surface area contributed by atoms with E-state index in [2.05, 4.69) is 4.90 Å². The summed E-state index contributed by atoms with van der Waals surface area (Å²) in [7, 11) is 0. The maximum atomic E-state index is 12.7. The molecule has 1 aromatic heterocycles. The molecule has 0 unspecified atom stereocenters. The van der Waals surface area contributed by atoms with E-state index < -0.39 is 5.54 Å². The third-order valence-electron chi connectivity index (χ3n) is 3.83. The molecule has 20 heavy (non-hydrogen) atoms. The van der Waals surface area contributed by atoms with Gasteiger partial charge < -0.3 is 4.42 Å². The van der Waals surface area contributed by atoms with Crippen LogP contribution in [-0.2, 0) is 0 Å². The van der Waals surface area contributed by atoms with Gasteiger partial charge in [-0.1, -0.05) is 37.6 Å². The number of ketones is 1. The molecule has 0 saturated heterocycles. The second kappa shape index (κ2) is 5.58. The lowest BCUT2D eigenvalue weighted by Gasteiger charge is -2.34. The molecule has 1 aromatic carbocycles. The fourth-order valence-corrected chi connectivity index (χ4v) is 2.82. The van der Waals surface area contributed by atoms with Crippen LogP contribution >= 0.6 is 11.6 Å². The van der Waals surface area contributed by atoms with Gasteiger partial charge in [0, 0.05) is 5.39 Å². The molecule has 1 heterocycles. The number of hydrogen-bond acceptors (Lipinski definition) is 3. The molecule has 0 amide bonds. The molecule has 0 aliphatic carbocycles. The third kappa shape index (κ3) is 2.48. The number of carbonyl (C=O) groups excluding carboxylic acids is 1. The van der Waals surface area contributed by atoms with E-state index in [-0.39, 0.29) is 5.78 Å². The SMILES string of the molecule is CCN(CC)C(C)(C)C(=O)c1cc2cccc(Cl)c2o1. The first-order valence-electron chi connectivity index (χ1n) is 6.89. The Kier molecular flexibility index (Phi) is 4.21. The molecule has 0 fully saturated rings. The largest absolute Gasteiger partial charge is 0.451 e. The van der Waals surface area contributed by atoms with Crippen LogP contribution in [0.5, 0.6) is 0 Å². The van der Waals surface area contributed by atoms with Gasteiger partial charge >= 0.3 is 0 Å². The van der Waals surface area contributed by atoms with Gasteiger partial charge in [-0.2, -0.15) is 0 Å². The van der Waals surface area contributed by atoms with E-state index in [1.165, 1.54) is 0 Å². The smallest absolute Gasteiger partial charge is 0.217 e. The molecule has 0 spiro atoms. The van der Waals surface area contributed by atoms with E-state index in [9.17, 15) is 4.79 Å². The fourth-order valence-electron chi connectivity index (χ4n) is 2.60. The standard InChI is InChI=1S/C16H20ClNO2/c1-5-18(6-2)16(3,4)15(19)13-10-11-8-7-9-12(17)14(11)20-13/h7-10H,5-6H2,1-4H3. The van der Waals surface area contributed by atoms with Crippen molar-refractivity contribution in [1.29, 1.82) is 0 Å². The van der Waals surface area contributed by atoms with Crippen molar-refractivity contribution < 1.29 is 9.21 Å². The van der Waals surface area contributed by atoms with Gasteiger partial charge in [-0.3, -0.25) is 9.69 Å². The average Bonchev–Trinajstić information content (AvgIpc) is 2.84. The zero-order valence-corrected chi connectivity index (χ0v) is 13.1. The Morgan fingerprint density at radius 3 is 2.50 bits per heavy atom. The summed E-state index contributed by atoms with van der Waals surface area (Å²) in [5, 5.41) is 1.39. The zero-order valence-electron chi connectivity index (χ0n) is 12.4. The highest BCUT2D eigenvalue weighted by molar-refractivity contribution is 6.34. The topological polar surface area (TPSA) is 33.5 Å². The van der Waals surface area contributed by atoms with E-state index in [0.29, 0.717) is 16.4 Å². The van der Waals surface area contributed by atoms with Crippen LogP contribution in [-0.4, -0.2) is 29.3 Å². The number of rotatable bonds is 5. The number of fused-ring (bicyclic) bond motifs is 1. The number of likely N-dealkylation sites (N-methyl/N-ethyl adjacent to an activating group) is 1. The average molecular weight is 294 g/mol. The minimum Gasteiger partial charge on any atom is -0.451 e. The first-order chi connectivity index (χ1) is 9.41. The predicted molar refractivity (Wildman–Crippen MR) is 82.6 cm³/mol. The second-order valence-corrected chi connectivity index (χ2v) is 5.74. The summed E-state index contributed by atoms with van der Waals surface area (Å²) < 4.78 is 5.68. The number of carbonyl (C=O) groups is 1. The van der Waals surface area contributed by atoms with Gasteiger partial charge in [-0.05, 0) is 39.1 Å². The zero-order chi connectivity index (χ0) is 14.9. The van der Waals surface area contributed by atoms with Crippen molar-refractivity contribution in [3.05, 3.63) is 35.0 Å². The van der Waals surface area contributed by atoms with Crippen molar-refractivity contribution >= 4 is 28.4 Å². The first-order valence-corrected chi connectivity index (χ1v) is 7.27. The summed E-state index contributed by atoms with van der Waals surface area (Å²) >= 11 is 6.09. The lowest BCUT2D eigenvalue weighted by Crippen LogP contribution is -2.49. The molecule has 2 rings (SSSR count). The van der Waals surface area contributed by atoms with Crippen molar-refractivity contribution in [2.45, 2.75) is 33.2 Å². The highest BCUT2D eigenvalue weighted by Crippen LogP contribution is 2.29. The van der Waals surface area contributed by atoms with Crippen LogP contribution in [0.4, 0.5) is 0 Å². The Labute approximate surface area is 124 Å². The molecule has 0 radical (unpaired) electrons. The van der Waals surface area contributed by atoms with Gasteiger partial charge in [-0.15, -0.1) is 0 Å². The van der Waals surface area contributed by atoms with Crippen LogP contribution in [0.15, 0.2) is 28.7 Å². The highest BCUT2D eigenvalue weighted by atomic mass is 35.5. The molecular weight excluding hydrogens is 274 g/mol.